The molecular weight excluding hydrogens is 521 g/mol. The summed E-state index contributed by atoms with van der Waals surface area (Å²) >= 11 is 12.8. The molecule has 4 heterocycles. The first-order valence-corrected chi connectivity index (χ1v) is 12.6. The van der Waals surface area contributed by atoms with Crippen LogP contribution in [0.25, 0.3) is 28.2 Å². The molecule has 1 atom stereocenters. The lowest BCUT2D eigenvalue weighted by Crippen LogP contribution is -2.21. The minimum Gasteiger partial charge on any atom is -0.324 e. The third kappa shape index (κ3) is 3.59. The number of nitrogens with one attached hydrogen (secondary N) is 1. The van der Waals surface area contributed by atoms with Crippen molar-refractivity contribution in [2.75, 3.05) is 5.32 Å². The number of hydrogen-bond acceptors (Lipinski definition) is 6. The maximum absolute atomic E-state index is 6.60. The van der Waals surface area contributed by atoms with Crippen molar-refractivity contribution >= 4 is 45.9 Å². The zero-order valence-corrected chi connectivity index (χ0v) is 21.5. The zero-order valence-electron chi connectivity index (χ0n) is 20.0. The highest BCUT2D eigenvalue weighted by atomic mass is 35.5. The van der Waals surface area contributed by atoms with Crippen LogP contribution >= 0.6 is 23.2 Å². The molecule has 6 aromatic rings. The monoisotopic (exact) mass is 539 g/mol. The molecule has 0 saturated heterocycles. The average Bonchev–Trinajstić information content (AvgIpc) is 3.65. The van der Waals surface area contributed by atoms with Crippen LogP contribution in [-0.4, -0.2) is 39.5 Å². The molecule has 7 rings (SSSR count). The Kier molecular flexibility index (Phi) is 5.27. The lowest BCUT2D eigenvalue weighted by Gasteiger charge is -2.26. The number of hydrogen-bond donors (Lipinski definition) is 1. The number of fused-ring (bicyclic) bond motifs is 2. The van der Waals surface area contributed by atoms with E-state index in [1.807, 2.05) is 87.6 Å². The Labute approximate surface area is 226 Å². The Morgan fingerprint density at radius 1 is 0.895 bits per heavy atom. The van der Waals surface area contributed by atoms with E-state index in [2.05, 4.69) is 31.9 Å². The van der Waals surface area contributed by atoms with E-state index >= 15 is 0 Å². The Hall–Kier alpha value is -4.47. The molecule has 11 heteroatoms. The molecule has 186 valence electrons. The maximum Gasteiger partial charge on any atom is 0.229 e. The number of allylic oxidation sites excluding steroid dienone is 1. The molecule has 0 aliphatic carbocycles. The van der Waals surface area contributed by atoms with E-state index in [4.69, 9.17) is 28.3 Å². The van der Waals surface area contributed by atoms with Gasteiger partial charge in [-0.25, -0.2) is 4.68 Å². The summed E-state index contributed by atoms with van der Waals surface area (Å²) < 4.78 is 5.71. The first-order valence-electron chi connectivity index (χ1n) is 11.9. The largest absolute Gasteiger partial charge is 0.324 e. The molecule has 1 unspecified atom stereocenters. The number of halogens is 2. The number of aryl methyl sites for hydroxylation is 1. The Morgan fingerprint density at radius 2 is 1.71 bits per heavy atom. The third-order valence-electron chi connectivity index (χ3n) is 6.60. The van der Waals surface area contributed by atoms with Gasteiger partial charge in [0.25, 0.3) is 0 Å². The predicted octanol–water partition coefficient (Wildman–Crippen LogP) is 5.87. The molecule has 1 aliphatic rings. The topological polar surface area (TPSA) is 91.3 Å². The van der Waals surface area contributed by atoms with Crippen LogP contribution in [0.4, 0.5) is 5.95 Å². The molecule has 3 aromatic carbocycles. The first kappa shape index (κ1) is 22.7. The second-order valence-corrected chi connectivity index (χ2v) is 9.74. The van der Waals surface area contributed by atoms with Crippen LogP contribution < -0.4 is 5.32 Å². The molecule has 38 heavy (non-hydrogen) atoms. The number of benzene rings is 3. The molecule has 0 spiro atoms. The molecule has 0 amide bonds. The van der Waals surface area contributed by atoms with Gasteiger partial charge in [-0.3, -0.25) is 4.57 Å². The standard InChI is InChI=1S/C27H19Cl2N9/c1-16-25(24-14-22(31-27-33-30-15-36(24)27)19-12-11-17(28)13-20(19)29)26(37(34-16)18-7-3-2-4-8-18)38-23-10-6-5-9-21(23)32-35-38/h2-15,24H,1H3,(H,31,33). The van der Waals surface area contributed by atoms with E-state index < -0.39 is 0 Å². The maximum atomic E-state index is 6.60. The van der Waals surface area contributed by atoms with Gasteiger partial charge in [-0.15, -0.1) is 15.3 Å². The van der Waals surface area contributed by atoms with Crippen LogP contribution in [0.3, 0.4) is 0 Å². The van der Waals surface area contributed by atoms with Crippen LogP contribution in [-0.2, 0) is 0 Å². The summed E-state index contributed by atoms with van der Waals surface area (Å²) in [7, 11) is 0. The van der Waals surface area contributed by atoms with E-state index in [0.29, 0.717) is 16.0 Å². The van der Waals surface area contributed by atoms with Crippen molar-refractivity contribution in [3.05, 3.63) is 112 Å². The SMILES string of the molecule is Cc1nn(-c2ccccc2)c(-n2nnc3ccccc32)c1C1C=C(c2ccc(Cl)cc2Cl)Nc2nncn21. The van der Waals surface area contributed by atoms with E-state index in [-0.39, 0.29) is 6.04 Å². The van der Waals surface area contributed by atoms with Gasteiger partial charge in [0.15, 0.2) is 5.82 Å². The first-order chi connectivity index (χ1) is 18.6. The highest BCUT2D eigenvalue weighted by molar-refractivity contribution is 6.35. The Balaban J connectivity index is 1.51. The Bertz CT molecular complexity index is 1850. The van der Waals surface area contributed by atoms with Gasteiger partial charge in [0.1, 0.15) is 11.8 Å². The molecule has 1 N–H and O–H groups in total. The van der Waals surface area contributed by atoms with Crippen molar-refractivity contribution in [2.45, 2.75) is 13.0 Å². The smallest absolute Gasteiger partial charge is 0.229 e. The minimum absolute atomic E-state index is 0.321. The van der Waals surface area contributed by atoms with Crippen molar-refractivity contribution < 1.29 is 0 Å². The lowest BCUT2D eigenvalue weighted by atomic mass is 10.0. The quantitative estimate of drug-likeness (QED) is 0.301. The molecule has 3 aromatic heterocycles. The second-order valence-electron chi connectivity index (χ2n) is 8.90. The normalized spacial score (nSPS) is 14.8. The van der Waals surface area contributed by atoms with Gasteiger partial charge in [0, 0.05) is 21.8 Å². The van der Waals surface area contributed by atoms with Crippen molar-refractivity contribution in [3.8, 4) is 11.5 Å². The van der Waals surface area contributed by atoms with Gasteiger partial charge in [-0.1, -0.05) is 58.7 Å². The minimum atomic E-state index is -0.321. The predicted molar refractivity (Wildman–Crippen MR) is 147 cm³/mol. The Morgan fingerprint density at radius 3 is 2.55 bits per heavy atom. The number of aromatic nitrogens is 8. The van der Waals surface area contributed by atoms with Gasteiger partial charge in [-0.2, -0.15) is 9.78 Å². The fourth-order valence-electron chi connectivity index (χ4n) is 4.88. The van der Waals surface area contributed by atoms with E-state index in [9.17, 15) is 0 Å². The molecule has 0 fully saturated rings. The molecule has 1 aliphatic heterocycles. The molecular formula is C27H19Cl2N9. The number of nitrogens with zero attached hydrogens (tertiary/aromatic N) is 8. The molecule has 0 bridgehead atoms. The molecule has 0 radical (unpaired) electrons. The number of anilines is 1. The van der Waals surface area contributed by atoms with Crippen molar-refractivity contribution in [1.82, 2.24) is 39.5 Å². The lowest BCUT2D eigenvalue weighted by molar-refractivity contribution is 0.674. The third-order valence-corrected chi connectivity index (χ3v) is 7.14. The number of rotatable bonds is 4. The van der Waals surface area contributed by atoms with Crippen LogP contribution in [0.1, 0.15) is 22.9 Å². The van der Waals surface area contributed by atoms with E-state index in [1.165, 1.54) is 0 Å². The van der Waals surface area contributed by atoms with Gasteiger partial charge in [-0.05, 0) is 55.5 Å². The van der Waals surface area contributed by atoms with E-state index in [1.54, 1.807) is 12.4 Å². The van der Waals surface area contributed by atoms with E-state index in [0.717, 1.165) is 45.1 Å². The average molecular weight is 540 g/mol. The van der Waals surface area contributed by atoms with Gasteiger partial charge in [0.05, 0.1) is 28.0 Å². The summed E-state index contributed by atoms with van der Waals surface area (Å²) in [5.74, 6) is 1.35. The summed E-state index contributed by atoms with van der Waals surface area (Å²) in [4.78, 5) is 0. The summed E-state index contributed by atoms with van der Waals surface area (Å²) in [6.07, 6.45) is 3.79. The fourth-order valence-corrected chi connectivity index (χ4v) is 5.39. The summed E-state index contributed by atoms with van der Waals surface area (Å²) in [5.41, 5.74) is 5.90. The van der Waals surface area contributed by atoms with Crippen molar-refractivity contribution in [1.29, 1.82) is 0 Å². The van der Waals surface area contributed by atoms with Gasteiger partial charge < -0.3 is 5.32 Å². The van der Waals surface area contributed by atoms with Crippen molar-refractivity contribution in [2.24, 2.45) is 0 Å². The van der Waals surface area contributed by atoms with Gasteiger partial charge >= 0.3 is 0 Å². The molecule has 0 saturated carbocycles. The molecule has 9 nitrogen and oxygen atoms in total. The number of para-hydroxylation sites is 2. The fraction of sp³-hybridized carbons (Fsp3) is 0.0741. The van der Waals surface area contributed by atoms with Crippen LogP contribution in [0, 0.1) is 6.92 Å². The van der Waals surface area contributed by atoms with Crippen LogP contribution in [0.15, 0.2) is 85.2 Å². The van der Waals surface area contributed by atoms with Crippen molar-refractivity contribution in [3.63, 3.8) is 0 Å². The second kappa shape index (κ2) is 8.83. The van der Waals surface area contributed by atoms with Crippen LogP contribution in [0.2, 0.25) is 10.0 Å². The summed E-state index contributed by atoms with van der Waals surface area (Å²) in [6, 6.07) is 22.9. The summed E-state index contributed by atoms with van der Waals surface area (Å²) in [6.45, 7) is 1.99. The zero-order chi connectivity index (χ0) is 25.8. The van der Waals surface area contributed by atoms with Crippen LogP contribution in [0.5, 0.6) is 0 Å². The highest BCUT2D eigenvalue weighted by Gasteiger charge is 2.32. The van der Waals surface area contributed by atoms with Gasteiger partial charge in [0.2, 0.25) is 5.95 Å². The highest BCUT2D eigenvalue weighted by Crippen LogP contribution is 2.39. The summed E-state index contributed by atoms with van der Waals surface area (Å²) in [5, 5.41) is 26.9.